The number of hydrogen-bond acceptors (Lipinski definition) is 4. The fraction of sp³-hybridized carbons (Fsp3) is 0.556. The van der Waals surface area contributed by atoms with Crippen LogP contribution >= 0.6 is 0 Å². The number of esters is 2. The molecule has 1 rings (SSSR count). The summed E-state index contributed by atoms with van der Waals surface area (Å²) in [6, 6.07) is 0. The Labute approximate surface area is 76.5 Å². The van der Waals surface area contributed by atoms with E-state index in [0.29, 0.717) is 0 Å². The van der Waals surface area contributed by atoms with Crippen molar-refractivity contribution in [2.75, 3.05) is 13.2 Å². The zero-order valence-electron chi connectivity index (χ0n) is 7.70. The normalized spacial score (nSPS) is 16.5. The lowest BCUT2D eigenvalue weighted by molar-refractivity contribution is -0.146. The highest BCUT2D eigenvalue weighted by molar-refractivity contribution is 5.66. The summed E-state index contributed by atoms with van der Waals surface area (Å²) in [4.78, 5) is 21.0. The first kappa shape index (κ1) is 9.77. The van der Waals surface area contributed by atoms with Crippen LogP contribution in [0.15, 0.2) is 12.2 Å². The number of ether oxygens (including phenoxy) is 2. The van der Waals surface area contributed by atoms with E-state index in [-0.39, 0.29) is 30.6 Å². The topological polar surface area (TPSA) is 52.6 Å². The molecule has 0 aliphatic heterocycles. The average molecular weight is 184 g/mol. The number of carbonyl (C=O) groups excluding carboxylic acids is 2. The molecule has 0 radical (unpaired) electrons. The van der Waals surface area contributed by atoms with Crippen molar-refractivity contribution in [2.45, 2.75) is 13.8 Å². The van der Waals surface area contributed by atoms with Gasteiger partial charge in [0.15, 0.2) is 0 Å². The van der Waals surface area contributed by atoms with Gasteiger partial charge in [-0.25, -0.2) is 0 Å². The Morgan fingerprint density at radius 2 is 1.46 bits per heavy atom. The lowest BCUT2D eigenvalue weighted by Crippen LogP contribution is -2.21. The molecule has 1 aliphatic carbocycles. The van der Waals surface area contributed by atoms with Gasteiger partial charge in [0.1, 0.15) is 13.2 Å². The van der Waals surface area contributed by atoms with Gasteiger partial charge >= 0.3 is 11.9 Å². The molecule has 0 spiro atoms. The smallest absolute Gasteiger partial charge is 0.302 e. The minimum absolute atomic E-state index is 0.260. The van der Waals surface area contributed by atoms with Crippen LogP contribution in [-0.4, -0.2) is 25.2 Å². The predicted molar refractivity (Wildman–Crippen MR) is 44.8 cm³/mol. The van der Waals surface area contributed by atoms with E-state index in [1.165, 1.54) is 13.8 Å². The molecular weight excluding hydrogens is 172 g/mol. The molecule has 0 atom stereocenters. The van der Waals surface area contributed by atoms with Gasteiger partial charge in [0.2, 0.25) is 0 Å². The van der Waals surface area contributed by atoms with Gasteiger partial charge in [0.05, 0.1) is 5.41 Å². The maximum absolute atomic E-state index is 10.5. The van der Waals surface area contributed by atoms with E-state index in [1.54, 1.807) is 0 Å². The van der Waals surface area contributed by atoms with Crippen molar-refractivity contribution in [2.24, 2.45) is 5.41 Å². The molecule has 4 heteroatoms. The van der Waals surface area contributed by atoms with Crippen LogP contribution in [0.4, 0.5) is 0 Å². The largest absolute Gasteiger partial charge is 0.464 e. The lowest BCUT2D eigenvalue weighted by Gasteiger charge is -2.14. The van der Waals surface area contributed by atoms with Crippen molar-refractivity contribution < 1.29 is 19.1 Å². The Hall–Kier alpha value is -1.32. The fourth-order valence-corrected chi connectivity index (χ4v) is 0.824. The van der Waals surface area contributed by atoms with Crippen LogP contribution in [0.25, 0.3) is 0 Å². The van der Waals surface area contributed by atoms with Crippen LogP contribution in [0, 0.1) is 5.41 Å². The summed E-state index contributed by atoms with van der Waals surface area (Å²) in [7, 11) is 0. The van der Waals surface area contributed by atoms with E-state index in [2.05, 4.69) is 0 Å². The summed E-state index contributed by atoms with van der Waals surface area (Å²) in [5, 5.41) is 0. The Balaban J connectivity index is 2.23. The highest BCUT2D eigenvalue weighted by atomic mass is 16.5. The molecule has 4 nitrogen and oxygen atoms in total. The van der Waals surface area contributed by atoms with Gasteiger partial charge in [-0.1, -0.05) is 12.2 Å². The van der Waals surface area contributed by atoms with Crippen molar-refractivity contribution in [3.8, 4) is 0 Å². The van der Waals surface area contributed by atoms with Crippen molar-refractivity contribution >= 4 is 11.9 Å². The minimum atomic E-state index is -0.323. The molecule has 0 fully saturated rings. The van der Waals surface area contributed by atoms with Gasteiger partial charge in [0.25, 0.3) is 0 Å². The number of hydrogen-bond donors (Lipinski definition) is 0. The lowest BCUT2D eigenvalue weighted by atomic mass is 10.1. The molecule has 13 heavy (non-hydrogen) atoms. The highest BCUT2D eigenvalue weighted by Crippen LogP contribution is 2.35. The van der Waals surface area contributed by atoms with Crippen LogP contribution in [0.5, 0.6) is 0 Å². The van der Waals surface area contributed by atoms with E-state index < -0.39 is 0 Å². The van der Waals surface area contributed by atoms with Crippen molar-refractivity contribution in [3.05, 3.63) is 12.2 Å². The second-order valence-electron chi connectivity index (χ2n) is 3.13. The van der Waals surface area contributed by atoms with E-state index in [0.717, 1.165) is 0 Å². The molecule has 0 amide bonds. The maximum Gasteiger partial charge on any atom is 0.302 e. The monoisotopic (exact) mass is 184 g/mol. The summed E-state index contributed by atoms with van der Waals surface area (Å²) in [6.07, 6.45) is 3.72. The SMILES string of the molecule is CC(=O)OCC1(COC(C)=O)C=C1. The quantitative estimate of drug-likeness (QED) is 0.476. The molecule has 0 bridgehead atoms. The van der Waals surface area contributed by atoms with Gasteiger partial charge in [-0.2, -0.15) is 0 Å². The van der Waals surface area contributed by atoms with Crippen LogP contribution in [0.1, 0.15) is 13.8 Å². The molecule has 0 N–H and O–H groups in total. The third-order valence-corrected chi connectivity index (χ3v) is 1.73. The van der Waals surface area contributed by atoms with Crippen LogP contribution < -0.4 is 0 Å². The minimum Gasteiger partial charge on any atom is -0.464 e. The molecule has 0 aromatic heterocycles. The zero-order valence-corrected chi connectivity index (χ0v) is 7.70. The van der Waals surface area contributed by atoms with Crippen molar-refractivity contribution in [1.82, 2.24) is 0 Å². The average Bonchev–Trinajstić information content (AvgIpc) is 2.78. The molecule has 0 saturated heterocycles. The van der Waals surface area contributed by atoms with Crippen LogP contribution in [0.2, 0.25) is 0 Å². The standard InChI is InChI=1S/C9H12O4/c1-7(10)12-5-9(3-4-9)6-13-8(2)11/h3-4H,5-6H2,1-2H3. The summed E-state index contributed by atoms with van der Waals surface area (Å²) < 4.78 is 9.62. The van der Waals surface area contributed by atoms with Crippen LogP contribution in [-0.2, 0) is 19.1 Å². The molecule has 0 saturated carbocycles. The number of rotatable bonds is 4. The van der Waals surface area contributed by atoms with Crippen molar-refractivity contribution in [3.63, 3.8) is 0 Å². The third-order valence-electron chi connectivity index (χ3n) is 1.73. The molecule has 72 valence electrons. The second-order valence-corrected chi connectivity index (χ2v) is 3.13. The second kappa shape index (κ2) is 3.60. The first-order chi connectivity index (χ1) is 6.04. The molecule has 0 aromatic carbocycles. The van der Waals surface area contributed by atoms with Gasteiger partial charge in [0, 0.05) is 13.8 Å². The van der Waals surface area contributed by atoms with E-state index >= 15 is 0 Å². The summed E-state index contributed by atoms with van der Waals surface area (Å²) in [5.41, 5.74) is -0.322. The van der Waals surface area contributed by atoms with E-state index in [9.17, 15) is 9.59 Å². The van der Waals surface area contributed by atoms with Crippen LogP contribution in [0.3, 0.4) is 0 Å². The molecule has 1 aliphatic rings. The van der Waals surface area contributed by atoms with Gasteiger partial charge < -0.3 is 9.47 Å². The highest BCUT2D eigenvalue weighted by Gasteiger charge is 2.36. The Morgan fingerprint density at radius 1 is 1.08 bits per heavy atom. The Bertz CT molecular complexity index is 228. The molecular formula is C9H12O4. The van der Waals surface area contributed by atoms with Gasteiger partial charge in [-0.15, -0.1) is 0 Å². The summed E-state index contributed by atoms with van der Waals surface area (Å²) >= 11 is 0. The van der Waals surface area contributed by atoms with Gasteiger partial charge in [-0.3, -0.25) is 9.59 Å². The molecule has 0 heterocycles. The summed E-state index contributed by atoms with van der Waals surface area (Å²) in [6.45, 7) is 3.22. The maximum atomic E-state index is 10.5. The first-order valence-electron chi connectivity index (χ1n) is 4.01. The Morgan fingerprint density at radius 3 is 1.69 bits per heavy atom. The van der Waals surface area contributed by atoms with E-state index in [4.69, 9.17) is 9.47 Å². The fourth-order valence-electron chi connectivity index (χ4n) is 0.824. The summed E-state index contributed by atoms with van der Waals surface area (Å²) in [5.74, 6) is -0.646. The van der Waals surface area contributed by atoms with Crippen molar-refractivity contribution in [1.29, 1.82) is 0 Å². The Kier molecular flexibility index (Phi) is 2.70. The zero-order chi connectivity index (χ0) is 9.90. The predicted octanol–water partition coefficient (Wildman–Crippen LogP) is 0.669. The van der Waals surface area contributed by atoms with Gasteiger partial charge in [-0.05, 0) is 0 Å². The molecule has 0 aromatic rings. The third kappa shape index (κ3) is 3.27. The first-order valence-corrected chi connectivity index (χ1v) is 4.01. The van der Waals surface area contributed by atoms with E-state index in [1.807, 2.05) is 12.2 Å². The number of carbonyl (C=O) groups is 2. The molecule has 0 unspecified atom stereocenters.